The molecule has 1 aromatic rings. The molecule has 1 aromatic carbocycles. The zero-order valence-corrected chi connectivity index (χ0v) is 12.1. The van der Waals surface area contributed by atoms with E-state index in [9.17, 15) is 27.2 Å². The number of nitrogens with zero attached hydrogens (tertiary/aromatic N) is 1. The third kappa shape index (κ3) is 3.82. The van der Waals surface area contributed by atoms with Crippen molar-refractivity contribution in [2.75, 3.05) is 13.2 Å². The molecule has 1 amide bonds. The lowest BCUT2D eigenvalue weighted by Gasteiger charge is -2.15. The van der Waals surface area contributed by atoms with Crippen LogP contribution in [0.4, 0.5) is 17.6 Å². The number of carbonyl (C=O) groups excluding carboxylic acids is 2. The molecule has 2 rings (SSSR count). The van der Waals surface area contributed by atoms with Crippen molar-refractivity contribution in [1.82, 2.24) is 5.06 Å². The van der Waals surface area contributed by atoms with E-state index in [0.717, 1.165) is 0 Å². The predicted molar refractivity (Wildman–Crippen MR) is 72.2 cm³/mol. The molecule has 0 aromatic heterocycles. The molecule has 10 heteroatoms. The number of rotatable bonds is 5. The van der Waals surface area contributed by atoms with Crippen molar-refractivity contribution < 1.29 is 36.7 Å². The molecule has 0 spiro atoms. The minimum absolute atomic E-state index is 0.0406. The Morgan fingerprint density at radius 3 is 2.67 bits per heavy atom. The van der Waals surface area contributed by atoms with Crippen molar-refractivity contribution in [2.45, 2.75) is 12.7 Å². The van der Waals surface area contributed by atoms with Crippen LogP contribution in [-0.4, -0.2) is 36.3 Å². The molecular formula is C14H12F4N2O4. The van der Waals surface area contributed by atoms with Gasteiger partial charge in [0.1, 0.15) is 12.4 Å². The van der Waals surface area contributed by atoms with Gasteiger partial charge in [0.15, 0.2) is 0 Å². The van der Waals surface area contributed by atoms with E-state index >= 15 is 0 Å². The summed E-state index contributed by atoms with van der Waals surface area (Å²) in [5.41, 5.74) is 5.87. The van der Waals surface area contributed by atoms with Crippen molar-refractivity contribution in [2.24, 2.45) is 5.73 Å². The summed E-state index contributed by atoms with van der Waals surface area (Å²) in [5, 5.41) is 0.317. The fraction of sp³-hybridized carbons (Fsp3) is 0.286. The molecule has 0 atom stereocenters. The maximum Gasteiger partial charge on any atom is 0.493 e. The molecule has 130 valence electrons. The van der Waals surface area contributed by atoms with Crippen LogP contribution in [0.2, 0.25) is 0 Å². The van der Waals surface area contributed by atoms with Crippen molar-refractivity contribution in [3.05, 3.63) is 41.2 Å². The minimum atomic E-state index is -5.21. The zero-order chi connectivity index (χ0) is 17.9. The zero-order valence-electron chi connectivity index (χ0n) is 12.1. The van der Waals surface area contributed by atoms with Crippen LogP contribution in [-0.2, 0) is 16.2 Å². The maximum atomic E-state index is 12.4. The summed E-state index contributed by atoms with van der Waals surface area (Å²) in [6.07, 6.45) is -4.89. The molecule has 1 aliphatic heterocycles. The molecule has 0 aliphatic carbocycles. The number of carbonyl (C=O) groups is 2. The standard InChI is InChI=1S/C14H12F4N2O4/c15-4-8(5-19)7-23-10-1-2-11-9(3-10)6-20(12(11)21)24-13(22)14(16,17)18/h1-4H,5-7,19H2/b8-4-. The Morgan fingerprint density at radius 1 is 1.38 bits per heavy atom. The summed E-state index contributed by atoms with van der Waals surface area (Å²) in [6, 6.07) is 4.09. The predicted octanol–water partition coefficient (Wildman–Crippen LogP) is 1.85. The van der Waals surface area contributed by atoms with Crippen LogP contribution in [0.15, 0.2) is 30.1 Å². The summed E-state index contributed by atoms with van der Waals surface area (Å²) in [7, 11) is 0. The Bertz CT molecular complexity index is 688. The highest BCUT2D eigenvalue weighted by Gasteiger charge is 2.44. The average molecular weight is 348 g/mol. The van der Waals surface area contributed by atoms with Crippen LogP contribution in [0, 0.1) is 0 Å². The Labute approximate surface area is 133 Å². The van der Waals surface area contributed by atoms with Crippen molar-refractivity contribution in [3.63, 3.8) is 0 Å². The van der Waals surface area contributed by atoms with Gasteiger partial charge in [-0.05, 0) is 23.8 Å². The Kier molecular flexibility index (Phi) is 5.07. The Morgan fingerprint density at radius 2 is 2.08 bits per heavy atom. The van der Waals surface area contributed by atoms with E-state index in [-0.39, 0.29) is 36.6 Å². The number of nitrogens with two attached hydrogens (primary N) is 1. The third-order valence-electron chi connectivity index (χ3n) is 3.11. The second-order valence-corrected chi connectivity index (χ2v) is 4.80. The topological polar surface area (TPSA) is 81.9 Å². The SMILES string of the molecule is NC/C(=C/F)COc1ccc2c(c1)CN(OC(=O)C(F)(F)F)C2=O. The molecule has 24 heavy (non-hydrogen) atoms. The number of hydroxylamine groups is 2. The highest BCUT2D eigenvalue weighted by atomic mass is 19.4. The first kappa shape index (κ1) is 17.7. The number of fused-ring (bicyclic) bond motifs is 1. The lowest BCUT2D eigenvalue weighted by atomic mass is 10.1. The Hall–Kier alpha value is -2.62. The Balaban J connectivity index is 2.07. The molecule has 2 N–H and O–H groups in total. The quantitative estimate of drug-likeness (QED) is 0.822. The second kappa shape index (κ2) is 6.87. The van der Waals surface area contributed by atoms with Crippen LogP contribution in [0.1, 0.15) is 15.9 Å². The molecule has 0 saturated carbocycles. The molecule has 0 radical (unpaired) electrons. The highest BCUT2D eigenvalue weighted by molar-refractivity contribution is 5.98. The van der Waals surface area contributed by atoms with E-state index < -0.39 is 18.1 Å². The first-order valence-electron chi connectivity index (χ1n) is 6.61. The van der Waals surface area contributed by atoms with Gasteiger partial charge >= 0.3 is 12.1 Å². The number of alkyl halides is 3. The smallest absolute Gasteiger partial charge is 0.489 e. The van der Waals surface area contributed by atoms with Gasteiger partial charge in [-0.3, -0.25) is 4.79 Å². The first-order chi connectivity index (χ1) is 11.3. The van der Waals surface area contributed by atoms with Gasteiger partial charge in [-0.15, -0.1) is 0 Å². The molecule has 0 fully saturated rings. The van der Waals surface area contributed by atoms with Crippen molar-refractivity contribution in [1.29, 1.82) is 0 Å². The van der Waals surface area contributed by atoms with Gasteiger partial charge in [-0.2, -0.15) is 18.2 Å². The summed E-state index contributed by atoms with van der Waals surface area (Å²) in [4.78, 5) is 26.8. The number of amides is 1. The molecular weight excluding hydrogens is 336 g/mol. The van der Waals surface area contributed by atoms with E-state index in [1.54, 1.807) is 0 Å². The summed E-state index contributed by atoms with van der Waals surface area (Å²) < 4.78 is 54.2. The average Bonchev–Trinajstić information content (AvgIpc) is 2.83. The van der Waals surface area contributed by atoms with Gasteiger partial charge in [-0.25, -0.2) is 9.18 Å². The fourth-order valence-corrected chi connectivity index (χ4v) is 1.90. The molecule has 1 heterocycles. The van der Waals surface area contributed by atoms with Crippen LogP contribution in [0.5, 0.6) is 5.75 Å². The second-order valence-electron chi connectivity index (χ2n) is 4.80. The van der Waals surface area contributed by atoms with Crippen molar-refractivity contribution >= 4 is 11.9 Å². The minimum Gasteiger partial charge on any atom is -0.489 e. The summed E-state index contributed by atoms with van der Waals surface area (Å²) >= 11 is 0. The van der Waals surface area contributed by atoms with E-state index in [2.05, 4.69) is 4.84 Å². The largest absolute Gasteiger partial charge is 0.493 e. The first-order valence-corrected chi connectivity index (χ1v) is 6.61. The highest BCUT2D eigenvalue weighted by Crippen LogP contribution is 2.28. The third-order valence-corrected chi connectivity index (χ3v) is 3.11. The van der Waals surface area contributed by atoms with Crippen LogP contribution >= 0.6 is 0 Å². The normalized spacial score (nSPS) is 14.6. The molecule has 6 nitrogen and oxygen atoms in total. The van der Waals surface area contributed by atoms with E-state index in [1.165, 1.54) is 18.2 Å². The lowest BCUT2D eigenvalue weighted by Crippen LogP contribution is -2.35. The van der Waals surface area contributed by atoms with Crippen molar-refractivity contribution in [3.8, 4) is 5.75 Å². The maximum absolute atomic E-state index is 12.4. The van der Waals surface area contributed by atoms with Gasteiger partial charge < -0.3 is 15.3 Å². The molecule has 0 unspecified atom stereocenters. The summed E-state index contributed by atoms with van der Waals surface area (Å²) in [5.74, 6) is -3.10. The molecule has 0 bridgehead atoms. The molecule has 1 aliphatic rings. The van der Waals surface area contributed by atoms with E-state index in [1.807, 2.05) is 0 Å². The van der Waals surface area contributed by atoms with Gasteiger partial charge in [0.25, 0.3) is 5.91 Å². The fourth-order valence-electron chi connectivity index (χ4n) is 1.90. The van der Waals surface area contributed by atoms with Gasteiger partial charge in [0.05, 0.1) is 12.9 Å². The number of benzene rings is 1. The number of ether oxygens (including phenoxy) is 1. The molecule has 0 saturated heterocycles. The number of hydrogen-bond acceptors (Lipinski definition) is 5. The van der Waals surface area contributed by atoms with E-state index in [4.69, 9.17) is 10.5 Å². The lowest BCUT2D eigenvalue weighted by molar-refractivity contribution is -0.229. The van der Waals surface area contributed by atoms with Crippen LogP contribution < -0.4 is 10.5 Å². The van der Waals surface area contributed by atoms with Gasteiger partial charge in [0, 0.05) is 17.7 Å². The van der Waals surface area contributed by atoms with Crippen LogP contribution in [0.3, 0.4) is 0 Å². The van der Waals surface area contributed by atoms with Gasteiger partial charge in [-0.1, -0.05) is 0 Å². The number of halogens is 4. The van der Waals surface area contributed by atoms with Crippen LogP contribution in [0.25, 0.3) is 0 Å². The number of hydrogen-bond donors (Lipinski definition) is 1. The monoisotopic (exact) mass is 348 g/mol. The summed E-state index contributed by atoms with van der Waals surface area (Å²) in [6.45, 7) is -0.510. The van der Waals surface area contributed by atoms with E-state index in [0.29, 0.717) is 17.0 Å². The van der Waals surface area contributed by atoms with Gasteiger partial charge in [0.2, 0.25) is 0 Å².